The lowest BCUT2D eigenvalue weighted by atomic mass is 9.54. The Labute approximate surface area is 195 Å². The van der Waals surface area contributed by atoms with Crippen LogP contribution in [0.5, 0.6) is 5.75 Å². The maximum atomic E-state index is 13.8. The zero-order chi connectivity index (χ0) is 25.4. The minimum Gasteiger partial charge on any atom is -0.508 e. The molecule has 0 bridgehead atoms. The number of aromatic hydroxyl groups is 1. The number of likely N-dealkylation sites (N-methyl/N-ethyl adjacent to an activating group) is 1. The number of benzene rings is 1. The number of nitrogens with two attached hydrogens (primary N) is 1. The van der Waals surface area contributed by atoms with Crippen LogP contribution >= 0.6 is 0 Å². The van der Waals surface area contributed by atoms with Gasteiger partial charge in [0.15, 0.2) is 11.4 Å². The SMILES string of the molecule is CCc1ccc2c(c1O)C(O)=C1C(=O)C3(O)C(O)=C(C(N)=O)C(=O)C(N(C)C)C3C(O)C1C2C. The summed E-state index contributed by atoms with van der Waals surface area (Å²) in [5.41, 5.74) is 2.08. The second-order valence-electron chi connectivity index (χ2n) is 9.44. The zero-order valence-corrected chi connectivity index (χ0v) is 19.2. The van der Waals surface area contributed by atoms with Gasteiger partial charge in [0.05, 0.1) is 23.6 Å². The molecule has 1 aromatic carbocycles. The van der Waals surface area contributed by atoms with E-state index in [0.29, 0.717) is 17.5 Å². The Hall–Kier alpha value is -3.21. The van der Waals surface area contributed by atoms with Gasteiger partial charge in [-0.3, -0.25) is 19.3 Å². The van der Waals surface area contributed by atoms with E-state index < -0.39 is 75.6 Å². The second kappa shape index (κ2) is 7.66. The van der Waals surface area contributed by atoms with Gasteiger partial charge in [0, 0.05) is 11.5 Å². The van der Waals surface area contributed by atoms with Crippen molar-refractivity contribution in [2.45, 2.75) is 43.9 Å². The van der Waals surface area contributed by atoms with Crippen molar-refractivity contribution >= 4 is 23.2 Å². The molecule has 1 amide bonds. The summed E-state index contributed by atoms with van der Waals surface area (Å²) in [7, 11) is 2.93. The number of primary amides is 1. The summed E-state index contributed by atoms with van der Waals surface area (Å²) in [6.45, 7) is 3.50. The fourth-order valence-corrected chi connectivity index (χ4v) is 5.94. The van der Waals surface area contributed by atoms with Crippen LogP contribution in [0.2, 0.25) is 0 Å². The molecule has 10 nitrogen and oxygen atoms in total. The highest BCUT2D eigenvalue weighted by molar-refractivity contribution is 6.24. The van der Waals surface area contributed by atoms with Gasteiger partial charge in [0.2, 0.25) is 5.78 Å². The normalized spacial score (nSPS) is 33.1. The van der Waals surface area contributed by atoms with E-state index in [0.717, 1.165) is 0 Å². The highest BCUT2D eigenvalue weighted by Gasteiger charge is 2.68. The molecule has 4 rings (SSSR count). The average Bonchev–Trinajstić information content (AvgIpc) is 2.75. The Bertz CT molecular complexity index is 1200. The van der Waals surface area contributed by atoms with Crippen LogP contribution in [0.4, 0.5) is 0 Å². The van der Waals surface area contributed by atoms with Gasteiger partial charge >= 0.3 is 0 Å². The van der Waals surface area contributed by atoms with Gasteiger partial charge in [-0.05, 0) is 37.6 Å². The van der Waals surface area contributed by atoms with E-state index in [1.165, 1.54) is 19.0 Å². The summed E-state index contributed by atoms with van der Waals surface area (Å²) in [6, 6.07) is 2.02. The Morgan fingerprint density at radius 3 is 2.32 bits per heavy atom. The summed E-state index contributed by atoms with van der Waals surface area (Å²) in [6.07, 6.45) is -1.15. The summed E-state index contributed by atoms with van der Waals surface area (Å²) in [4.78, 5) is 40.3. The molecule has 34 heavy (non-hydrogen) atoms. The summed E-state index contributed by atoms with van der Waals surface area (Å²) in [5, 5.41) is 55.9. The van der Waals surface area contributed by atoms with E-state index in [4.69, 9.17) is 5.73 Å². The van der Waals surface area contributed by atoms with Crippen LogP contribution in [0.25, 0.3) is 5.76 Å². The number of hydrogen-bond donors (Lipinski definition) is 6. The Morgan fingerprint density at radius 2 is 1.79 bits per heavy atom. The first kappa shape index (κ1) is 23.9. The minimum absolute atomic E-state index is 0.00957. The number of rotatable bonds is 3. The number of carbonyl (C=O) groups is 3. The lowest BCUT2D eigenvalue weighted by molar-refractivity contribution is -0.169. The Morgan fingerprint density at radius 1 is 1.18 bits per heavy atom. The molecule has 0 aromatic heterocycles. The molecule has 3 aliphatic rings. The van der Waals surface area contributed by atoms with Crippen LogP contribution in [0.3, 0.4) is 0 Å². The van der Waals surface area contributed by atoms with Gasteiger partial charge in [0.1, 0.15) is 22.8 Å². The molecule has 1 aromatic rings. The molecule has 6 atom stereocenters. The molecule has 1 saturated carbocycles. The van der Waals surface area contributed by atoms with Crippen molar-refractivity contribution in [2.75, 3.05) is 14.1 Å². The van der Waals surface area contributed by atoms with E-state index in [1.54, 1.807) is 26.0 Å². The molecule has 0 saturated heterocycles. The van der Waals surface area contributed by atoms with Crippen LogP contribution in [0.15, 0.2) is 29.0 Å². The predicted octanol–water partition coefficient (Wildman–Crippen LogP) is 0.0582. The van der Waals surface area contributed by atoms with Gasteiger partial charge in [-0.15, -0.1) is 0 Å². The number of amides is 1. The zero-order valence-electron chi connectivity index (χ0n) is 19.2. The number of phenols is 1. The molecule has 0 aliphatic heterocycles. The Balaban J connectivity index is 2.06. The lowest BCUT2D eigenvalue weighted by Crippen LogP contribution is -2.70. The van der Waals surface area contributed by atoms with Crippen molar-refractivity contribution in [2.24, 2.45) is 17.6 Å². The fourth-order valence-electron chi connectivity index (χ4n) is 5.94. The van der Waals surface area contributed by atoms with Gasteiger partial charge in [0.25, 0.3) is 5.91 Å². The van der Waals surface area contributed by atoms with Crippen molar-refractivity contribution in [3.63, 3.8) is 0 Å². The summed E-state index contributed by atoms with van der Waals surface area (Å²) < 4.78 is 0. The van der Waals surface area contributed by atoms with Gasteiger partial charge in [-0.2, -0.15) is 0 Å². The summed E-state index contributed by atoms with van der Waals surface area (Å²) in [5.74, 6) is -8.76. The molecule has 0 heterocycles. The number of aryl methyl sites for hydroxylation is 1. The number of fused-ring (bicyclic) bond motifs is 3. The van der Waals surface area contributed by atoms with E-state index in [9.17, 15) is 39.9 Å². The molecule has 0 radical (unpaired) electrons. The highest BCUT2D eigenvalue weighted by atomic mass is 16.4. The minimum atomic E-state index is -2.90. The maximum absolute atomic E-state index is 13.8. The number of ketones is 2. The predicted molar refractivity (Wildman–Crippen MR) is 120 cm³/mol. The van der Waals surface area contributed by atoms with E-state index in [1.807, 2.05) is 0 Å². The molecule has 1 fully saturated rings. The van der Waals surface area contributed by atoms with Crippen molar-refractivity contribution in [1.29, 1.82) is 0 Å². The average molecular weight is 472 g/mol. The maximum Gasteiger partial charge on any atom is 0.255 e. The van der Waals surface area contributed by atoms with Crippen LogP contribution in [0.1, 0.15) is 36.5 Å². The quantitative estimate of drug-likeness (QED) is 0.331. The third-order valence-electron chi connectivity index (χ3n) is 7.59. The van der Waals surface area contributed by atoms with Crippen molar-refractivity contribution in [3.05, 3.63) is 45.7 Å². The monoisotopic (exact) mass is 472 g/mol. The second-order valence-corrected chi connectivity index (χ2v) is 9.44. The molecular formula is C24H28N2O8. The number of nitrogens with zero attached hydrogens (tertiary/aromatic N) is 1. The molecule has 182 valence electrons. The van der Waals surface area contributed by atoms with Crippen molar-refractivity contribution in [1.82, 2.24) is 4.90 Å². The molecule has 7 N–H and O–H groups in total. The largest absolute Gasteiger partial charge is 0.508 e. The topological polar surface area (TPSA) is 182 Å². The molecule has 10 heteroatoms. The highest BCUT2D eigenvalue weighted by Crippen LogP contribution is 2.56. The number of hydrogen-bond acceptors (Lipinski definition) is 9. The molecular weight excluding hydrogens is 444 g/mol. The lowest BCUT2D eigenvalue weighted by Gasteiger charge is -2.53. The first-order valence-corrected chi connectivity index (χ1v) is 11.0. The van der Waals surface area contributed by atoms with Gasteiger partial charge in [-0.25, -0.2) is 0 Å². The number of phenolic OH excluding ortho intramolecular Hbond substituents is 1. The van der Waals surface area contributed by atoms with Crippen LogP contribution in [-0.4, -0.2) is 79.7 Å². The van der Waals surface area contributed by atoms with Crippen LogP contribution in [-0.2, 0) is 20.8 Å². The van der Waals surface area contributed by atoms with E-state index >= 15 is 0 Å². The van der Waals surface area contributed by atoms with Gasteiger partial charge in [-0.1, -0.05) is 26.0 Å². The smallest absolute Gasteiger partial charge is 0.255 e. The van der Waals surface area contributed by atoms with Crippen LogP contribution in [0, 0.1) is 11.8 Å². The first-order valence-electron chi connectivity index (χ1n) is 11.0. The van der Waals surface area contributed by atoms with Crippen molar-refractivity contribution < 1.29 is 39.9 Å². The first-order chi connectivity index (χ1) is 15.8. The molecule has 3 aliphatic carbocycles. The third-order valence-corrected chi connectivity index (χ3v) is 7.59. The van der Waals surface area contributed by atoms with E-state index in [2.05, 4.69) is 0 Å². The van der Waals surface area contributed by atoms with Gasteiger partial charge < -0.3 is 31.3 Å². The summed E-state index contributed by atoms with van der Waals surface area (Å²) >= 11 is 0. The number of Topliss-reactive ketones (excluding diaryl/α,β-unsaturated/α-hetero) is 2. The number of aliphatic hydroxyl groups excluding tert-OH is 3. The molecule has 0 spiro atoms. The third kappa shape index (κ3) is 2.76. The fraction of sp³-hybridized carbons (Fsp3) is 0.458. The number of carbonyl (C=O) groups excluding carboxylic acids is 3. The van der Waals surface area contributed by atoms with E-state index in [-0.39, 0.29) is 11.3 Å². The molecule has 6 unspecified atom stereocenters. The van der Waals surface area contributed by atoms with Crippen molar-refractivity contribution in [3.8, 4) is 5.75 Å². The standard InChI is InChI=1S/C24H28N2O8/c1-5-9-6-7-10-8(2)11-13(18(28)12(10)17(9)27)21(31)24(34)15(19(11)29)16(26(3)4)20(30)14(22(24)32)23(25)33/h6-8,11,15-16,19,27-29,32,34H,5H2,1-4H3,(H2,25,33). The number of aliphatic hydroxyl groups is 4. The van der Waals surface area contributed by atoms with Crippen LogP contribution < -0.4 is 5.73 Å². The Kier molecular flexibility index (Phi) is 5.39.